The Morgan fingerprint density at radius 2 is 2.31 bits per heavy atom. The average molecular weight is 238 g/mol. The quantitative estimate of drug-likeness (QED) is 0.831. The predicted octanol–water partition coefficient (Wildman–Crippen LogP) is 1.51. The molecule has 2 aromatic heterocycles. The molecular weight excluding hydrogens is 231 g/mol. The number of thiazole rings is 1. The molecule has 0 saturated carbocycles. The first kappa shape index (κ1) is 10.5. The highest BCUT2D eigenvalue weighted by molar-refractivity contribution is 7.13. The second kappa shape index (κ2) is 4.23. The Morgan fingerprint density at radius 1 is 1.50 bits per heavy atom. The van der Waals surface area contributed by atoms with E-state index in [9.17, 15) is 9.18 Å². The molecule has 0 aliphatic carbocycles. The second-order valence-corrected chi connectivity index (χ2v) is 3.77. The van der Waals surface area contributed by atoms with E-state index in [1.54, 1.807) is 11.6 Å². The molecule has 3 N–H and O–H groups in total. The number of amides is 1. The summed E-state index contributed by atoms with van der Waals surface area (Å²) in [7, 11) is 0. The van der Waals surface area contributed by atoms with Gasteiger partial charge in [0.25, 0.3) is 5.91 Å². The molecule has 2 heterocycles. The molecule has 0 spiro atoms. The molecule has 2 aromatic rings. The van der Waals surface area contributed by atoms with Crippen LogP contribution in [0.1, 0.15) is 10.4 Å². The summed E-state index contributed by atoms with van der Waals surface area (Å²) in [6.07, 6.45) is 2.50. The van der Waals surface area contributed by atoms with Crippen LogP contribution in [-0.2, 0) is 0 Å². The van der Waals surface area contributed by atoms with Crippen LogP contribution in [0.4, 0.5) is 15.3 Å². The minimum Gasteiger partial charge on any atom is -0.383 e. The lowest BCUT2D eigenvalue weighted by Gasteiger charge is -2.03. The molecule has 0 aromatic carbocycles. The molecule has 7 heteroatoms. The maximum absolute atomic E-state index is 12.9. The van der Waals surface area contributed by atoms with E-state index in [1.165, 1.54) is 11.3 Å². The number of aromatic nitrogens is 2. The number of hydrogen-bond donors (Lipinski definition) is 2. The highest BCUT2D eigenvalue weighted by Gasteiger charge is 2.13. The standard InChI is InChI=1S/C9H7FN4OS/c10-5-3-6(7(11)13-4-5)8(15)14-9-12-1-2-16-9/h1-4H,(H2,11,13)(H,12,14,15). The van der Waals surface area contributed by atoms with Crippen molar-refractivity contribution in [3.8, 4) is 0 Å². The van der Waals surface area contributed by atoms with E-state index in [-0.39, 0.29) is 11.4 Å². The average Bonchev–Trinajstić information content (AvgIpc) is 2.74. The maximum atomic E-state index is 12.9. The fraction of sp³-hybridized carbons (Fsp3) is 0. The van der Waals surface area contributed by atoms with Crippen LogP contribution >= 0.6 is 11.3 Å². The van der Waals surface area contributed by atoms with Gasteiger partial charge >= 0.3 is 0 Å². The Labute approximate surface area is 94.1 Å². The van der Waals surface area contributed by atoms with Crippen LogP contribution in [0.3, 0.4) is 0 Å². The number of halogens is 1. The van der Waals surface area contributed by atoms with Gasteiger partial charge in [0.05, 0.1) is 11.8 Å². The normalized spacial score (nSPS) is 10.1. The largest absolute Gasteiger partial charge is 0.383 e. The second-order valence-electron chi connectivity index (χ2n) is 2.88. The number of carbonyl (C=O) groups excluding carboxylic acids is 1. The fourth-order valence-corrected chi connectivity index (χ4v) is 1.61. The van der Waals surface area contributed by atoms with Gasteiger partial charge in [0.15, 0.2) is 5.13 Å². The fourth-order valence-electron chi connectivity index (χ4n) is 1.08. The number of nitrogen functional groups attached to an aromatic ring is 1. The lowest BCUT2D eigenvalue weighted by Crippen LogP contribution is -2.15. The van der Waals surface area contributed by atoms with Crippen molar-refractivity contribution < 1.29 is 9.18 Å². The van der Waals surface area contributed by atoms with E-state index in [0.29, 0.717) is 5.13 Å². The van der Waals surface area contributed by atoms with Crippen molar-refractivity contribution in [1.29, 1.82) is 0 Å². The lowest BCUT2D eigenvalue weighted by atomic mass is 10.2. The lowest BCUT2D eigenvalue weighted by molar-refractivity contribution is 0.102. The number of nitrogens with zero attached hydrogens (tertiary/aromatic N) is 2. The summed E-state index contributed by atoms with van der Waals surface area (Å²) in [5, 5.41) is 4.62. The van der Waals surface area contributed by atoms with Gasteiger partial charge in [-0.3, -0.25) is 10.1 Å². The first-order valence-corrected chi connectivity index (χ1v) is 5.16. The summed E-state index contributed by atoms with van der Waals surface area (Å²) >= 11 is 1.26. The molecule has 0 aliphatic rings. The number of rotatable bonds is 2. The van der Waals surface area contributed by atoms with Gasteiger partial charge in [-0.25, -0.2) is 14.4 Å². The number of anilines is 2. The van der Waals surface area contributed by atoms with Crippen molar-refractivity contribution in [3.63, 3.8) is 0 Å². The molecule has 0 saturated heterocycles. The van der Waals surface area contributed by atoms with E-state index in [0.717, 1.165) is 12.3 Å². The van der Waals surface area contributed by atoms with E-state index >= 15 is 0 Å². The summed E-state index contributed by atoms with van der Waals surface area (Å²) in [5.74, 6) is -1.16. The van der Waals surface area contributed by atoms with Crippen molar-refractivity contribution in [2.24, 2.45) is 0 Å². The first-order chi connectivity index (χ1) is 7.66. The van der Waals surface area contributed by atoms with Crippen molar-refractivity contribution in [2.45, 2.75) is 0 Å². The van der Waals surface area contributed by atoms with Crippen molar-refractivity contribution in [2.75, 3.05) is 11.1 Å². The SMILES string of the molecule is Nc1ncc(F)cc1C(=O)Nc1nccs1. The van der Waals surface area contributed by atoms with E-state index in [2.05, 4.69) is 15.3 Å². The summed E-state index contributed by atoms with van der Waals surface area (Å²) in [5.41, 5.74) is 5.46. The number of nitrogens with two attached hydrogens (primary N) is 1. The van der Waals surface area contributed by atoms with Gasteiger partial charge in [0.2, 0.25) is 0 Å². The number of hydrogen-bond acceptors (Lipinski definition) is 5. The third kappa shape index (κ3) is 2.14. The zero-order valence-electron chi connectivity index (χ0n) is 7.98. The molecule has 5 nitrogen and oxygen atoms in total. The molecule has 0 aliphatic heterocycles. The molecule has 82 valence electrons. The Morgan fingerprint density at radius 3 is 3.00 bits per heavy atom. The summed E-state index contributed by atoms with van der Waals surface area (Å²) in [4.78, 5) is 19.1. The van der Waals surface area contributed by atoms with Crippen molar-refractivity contribution in [1.82, 2.24) is 9.97 Å². The smallest absolute Gasteiger partial charge is 0.261 e. The van der Waals surface area contributed by atoms with Crippen molar-refractivity contribution >= 4 is 28.2 Å². The summed E-state index contributed by atoms with van der Waals surface area (Å²) in [6.45, 7) is 0. The van der Waals surface area contributed by atoms with Crippen LogP contribution in [0.15, 0.2) is 23.8 Å². The molecule has 16 heavy (non-hydrogen) atoms. The molecular formula is C9H7FN4OS. The number of nitrogens with one attached hydrogen (secondary N) is 1. The molecule has 0 fully saturated rings. The van der Waals surface area contributed by atoms with Gasteiger partial charge in [-0.1, -0.05) is 0 Å². The van der Waals surface area contributed by atoms with Crippen LogP contribution in [0.25, 0.3) is 0 Å². The third-order valence-electron chi connectivity index (χ3n) is 1.78. The van der Waals surface area contributed by atoms with Crippen LogP contribution in [0.5, 0.6) is 0 Å². The van der Waals surface area contributed by atoms with Gasteiger partial charge in [0, 0.05) is 11.6 Å². The highest BCUT2D eigenvalue weighted by Crippen LogP contribution is 2.15. The summed E-state index contributed by atoms with van der Waals surface area (Å²) < 4.78 is 12.9. The molecule has 0 radical (unpaired) electrons. The Bertz CT molecular complexity index is 514. The molecule has 0 bridgehead atoms. The minimum atomic E-state index is -0.613. The Hall–Kier alpha value is -2.02. The van der Waals surface area contributed by atoms with E-state index in [1.807, 2.05) is 0 Å². The van der Waals surface area contributed by atoms with E-state index in [4.69, 9.17) is 5.73 Å². The monoisotopic (exact) mass is 238 g/mol. The Balaban J connectivity index is 2.24. The molecule has 0 unspecified atom stereocenters. The van der Waals surface area contributed by atoms with Gasteiger partial charge in [-0.2, -0.15) is 0 Å². The van der Waals surface area contributed by atoms with Gasteiger partial charge < -0.3 is 5.73 Å². The minimum absolute atomic E-state index is 0.00444. The van der Waals surface area contributed by atoms with Crippen LogP contribution in [-0.4, -0.2) is 15.9 Å². The van der Waals surface area contributed by atoms with Gasteiger partial charge in [-0.15, -0.1) is 11.3 Å². The molecule has 2 rings (SSSR count). The molecule has 0 atom stereocenters. The summed E-state index contributed by atoms with van der Waals surface area (Å²) in [6, 6.07) is 1.03. The van der Waals surface area contributed by atoms with Crippen LogP contribution in [0.2, 0.25) is 0 Å². The first-order valence-electron chi connectivity index (χ1n) is 4.28. The Kier molecular flexibility index (Phi) is 2.78. The van der Waals surface area contributed by atoms with Gasteiger partial charge in [-0.05, 0) is 6.07 Å². The zero-order chi connectivity index (χ0) is 11.5. The molecule has 1 amide bonds. The van der Waals surface area contributed by atoms with E-state index < -0.39 is 11.7 Å². The topological polar surface area (TPSA) is 80.9 Å². The van der Waals surface area contributed by atoms with Crippen LogP contribution < -0.4 is 11.1 Å². The van der Waals surface area contributed by atoms with Crippen molar-refractivity contribution in [3.05, 3.63) is 35.2 Å². The van der Waals surface area contributed by atoms with Gasteiger partial charge in [0.1, 0.15) is 11.6 Å². The van der Waals surface area contributed by atoms with Crippen LogP contribution in [0, 0.1) is 5.82 Å². The number of pyridine rings is 1. The highest BCUT2D eigenvalue weighted by atomic mass is 32.1. The third-order valence-corrected chi connectivity index (χ3v) is 2.47. The zero-order valence-corrected chi connectivity index (χ0v) is 8.79. The number of carbonyl (C=O) groups is 1. The predicted molar refractivity (Wildman–Crippen MR) is 58.7 cm³/mol. The maximum Gasteiger partial charge on any atom is 0.261 e.